The molecule has 2 atom stereocenters. The topological polar surface area (TPSA) is 67.8 Å². The standard InChI is InChI=1S/C24H35NO4Si/c1-24(2,3)30(4,5)29-22(21(26)17-16-19-12-8-6-9-13-19)25-23(27)28-18-20-14-10-7-11-15-20/h6-15,21-22,26H,16-18H2,1-5H3,(H,25,27). The molecule has 2 unspecified atom stereocenters. The zero-order chi connectivity index (χ0) is 22.2. The summed E-state index contributed by atoms with van der Waals surface area (Å²) < 4.78 is 11.7. The zero-order valence-electron chi connectivity index (χ0n) is 18.7. The van der Waals surface area contributed by atoms with Gasteiger partial charge < -0.3 is 14.3 Å². The fourth-order valence-corrected chi connectivity index (χ4v) is 3.89. The smallest absolute Gasteiger partial charge is 0.409 e. The second kappa shape index (κ2) is 10.7. The molecule has 0 aromatic heterocycles. The van der Waals surface area contributed by atoms with Crippen LogP contribution in [-0.2, 0) is 22.2 Å². The molecule has 0 heterocycles. The van der Waals surface area contributed by atoms with Gasteiger partial charge in [-0.1, -0.05) is 81.4 Å². The van der Waals surface area contributed by atoms with E-state index in [2.05, 4.69) is 39.2 Å². The molecule has 1 amide bonds. The number of aliphatic hydroxyl groups excluding tert-OH is 1. The lowest BCUT2D eigenvalue weighted by Crippen LogP contribution is -2.54. The summed E-state index contributed by atoms with van der Waals surface area (Å²) in [7, 11) is -2.22. The van der Waals surface area contributed by atoms with Crippen LogP contribution in [0.4, 0.5) is 4.79 Å². The molecule has 0 aliphatic rings. The van der Waals surface area contributed by atoms with Crippen molar-refractivity contribution in [1.82, 2.24) is 5.32 Å². The minimum atomic E-state index is -2.22. The number of amides is 1. The van der Waals surface area contributed by atoms with E-state index in [4.69, 9.17) is 9.16 Å². The van der Waals surface area contributed by atoms with Crippen LogP contribution >= 0.6 is 0 Å². The van der Waals surface area contributed by atoms with Gasteiger partial charge in [-0.2, -0.15) is 0 Å². The van der Waals surface area contributed by atoms with Crippen molar-refractivity contribution in [3.05, 3.63) is 71.8 Å². The summed E-state index contributed by atoms with van der Waals surface area (Å²) in [6.45, 7) is 10.7. The molecule has 6 heteroatoms. The maximum Gasteiger partial charge on any atom is 0.409 e. The maximum atomic E-state index is 12.4. The highest BCUT2D eigenvalue weighted by Gasteiger charge is 2.41. The summed E-state index contributed by atoms with van der Waals surface area (Å²) in [6, 6.07) is 19.5. The highest BCUT2D eigenvalue weighted by atomic mass is 28.4. The molecule has 0 aliphatic carbocycles. The Kier molecular flexibility index (Phi) is 8.64. The Balaban J connectivity index is 2.02. The van der Waals surface area contributed by atoms with E-state index >= 15 is 0 Å². The van der Waals surface area contributed by atoms with Crippen LogP contribution in [0.25, 0.3) is 0 Å². The molecule has 2 N–H and O–H groups in total. The fraction of sp³-hybridized carbons (Fsp3) is 0.458. The van der Waals surface area contributed by atoms with E-state index in [1.54, 1.807) is 0 Å². The van der Waals surface area contributed by atoms with E-state index in [1.165, 1.54) is 0 Å². The number of rotatable bonds is 9. The third-order valence-electron chi connectivity index (χ3n) is 5.62. The third-order valence-corrected chi connectivity index (χ3v) is 10.1. The molecular formula is C24H35NO4Si. The number of carbonyl (C=O) groups excluding carboxylic acids is 1. The largest absolute Gasteiger partial charge is 0.445 e. The average Bonchev–Trinajstić information content (AvgIpc) is 2.70. The van der Waals surface area contributed by atoms with Gasteiger partial charge in [-0.15, -0.1) is 0 Å². The van der Waals surface area contributed by atoms with Gasteiger partial charge in [-0.3, -0.25) is 5.32 Å². The quantitative estimate of drug-likeness (QED) is 0.422. The molecule has 2 rings (SSSR count). The van der Waals surface area contributed by atoms with Gasteiger partial charge in [0, 0.05) is 0 Å². The Labute approximate surface area is 181 Å². The molecule has 0 aliphatic heterocycles. The Morgan fingerprint density at radius 3 is 2.07 bits per heavy atom. The fourth-order valence-electron chi connectivity index (χ4n) is 2.69. The van der Waals surface area contributed by atoms with Crippen LogP contribution in [0.3, 0.4) is 0 Å². The van der Waals surface area contributed by atoms with Crippen molar-refractivity contribution >= 4 is 14.4 Å². The lowest BCUT2D eigenvalue weighted by Gasteiger charge is -2.40. The summed E-state index contributed by atoms with van der Waals surface area (Å²) >= 11 is 0. The summed E-state index contributed by atoms with van der Waals surface area (Å²) in [4.78, 5) is 12.4. The molecule has 164 valence electrons. The Morgan fingerprint density at radius 1 is 1.00 bits per heavy atom. The normalized spacial score (nSPS) is 14.1. The van der Waals surface area contributed by atoms with E-state index < -0.39 is 26.7 Å². The predicted octanol–water partition coefficient (Wildman–Crippen LogP) is 5.25. The molecule has 5 nitrogen and oxygen atoms in total. The second-order valence-corrected chi connectivity index (χ2v) is 13.9. The number of nitrogens with one attached hydrogen (secondary N) is 1. The Bertz CT molecular complexity index is 775. The van der Waals surface area contributed by atoms with E-state index in [0.717, 1.165) is 11.1 Å². The van der Waals surface area contributed by atoms with Gasteiger partial charge in [0.15, 0.2) is 8.32 Å². The van der Waals surface area contributed by atoms with Crippen LogP contribution in [0.5, 0.6) is 0 Å². The molecule has 0 saturated carbocycles. The summed E-state index contributed by atoms with van der Waals surface area (Å²) in [5, 5.41) is 13.6. The predicted molar refractivity (Wildman–Crippen MR) is 123 cm³/mol. The Hall–Kier alpha value is -2.15. The van der Waals surface area contributed by atoms with Crippen molar-refractivity contribution in [2.24, 2.45) is 0 Å². The summed E-state index contributed by atoms with van der Waals surface area (Å²) in [5.41, 5.74) is 2.04. The van der Waals surface area contributed by atoms with Crippen LogP contribution in [0.2, 0.25) is 18.1 Å². The van der Waals surface area contributed by atoms with Crippen molar-refractivity contribution < 1.29 is 19.1 Å². The van der Waals surface area contributed by atoms with Gasteiger partial charge in [-0.05, 0) is 42.1 Å². The lowest BCUT2D eigenvalue weighted by molar-refractivity contribution is 0.000756. The van der Waals surface area contributed by atoms with Gasteiger partial charge >= 0.3 is 6.09 Å². The molecule has 0 bridgehead atoms. The van der Waals surface area contributed by atoms with E-state index in [1.807, 2.05) is 60.7 Å². The molecule has 2 aromatic carbocycles. The van der Waals surface area contributed by atoms with Gasteiger partial charge in [0.05, 0.1) is 6.10 Å². The lowest BCUT2D eigenvalue weighted by atomic mass is 10.1. The van der Waals surface area contributed by atoms with Crippen molar-refractivity contribution in [3.63, 3.8) is 0 Å². The van der Waals surface area contributed by atoms with Gasteiger partial charge in [0.25, 0.3) is 0 Å². The number of carbonyl (C=O) groups is 1. The first-order chi connectivity index (χ1) is 14.1. The first kappa shape index (κ1) is 24.1. The summed E-state index contributed by atoms with van der Waals surface area (Å²) in [6.07, 6.45) is -1.09. The number of aliphatic hydroxyl groups is 1. The van der Waals surface area contributed by atoms with Gasteiger partial charge in [-0.25, -0.2) is 4.79 Å². The Morgan fingerprint density at radius 2 is 1.53 bits per heavy atom. The molecule has 0 radical (unpaired) electrons. The minimum absolute atomic E-state index is 0.0555. The highest BCUT2D eigenvalue weighted by Crippen LogP contribution is 2.37. The molecular weight excluding hydrogens is 394 g/mol. The van der Waals surface area contributed by atoms with Crippen molar-refractivity contribution in [1.29, 1.82) is 0 Å². The molecule has 0 fully saturated rings. The van der Waals surface area contributed by atoms with Crippen LogP contribution in [-0.4, -0.2) is 31.8 Å². The SMILES string of the molecule is CC(C)(C)[Si](C)(C)OC(NC(=O)OCc1ccccc1)C(O)CCc1ccccc1. The number of hydrogen-bond acceptors (Lipinski definition) is 4. The first-order valence-corrected chi connectivity index (χ1v) is 13.4. The number of hydrogen-bond donors (Lipinski definition) is 2. The van der Waals surface area contributed by atoms with E-state index in [9.17, 15) is 9.90 Å². The van der Waals surface area contributed by atoms with Crippen molar-refractivity contribution in [2.45, 2.75) is 70.7 Å². The first-order valence-electron chi connectivity index (χ1n) is 10.5. The monoisotopic (exact) mass is 429 g/mol. The van der Waals surface area contributed by atoms with Crippen LogP contribution < -0.4 is 5.32 Å². The number of benzene rings is 2. The van der Waals surface area contributed by atoms with Crippen LogP contribution in [0.15, 0.2) is 60.7 Å². The van der Waals surface area contributed by atoms with Crippen molar-refractivity contribution in [3.8, 4) is 0 Å². The third kappa shape index (κ3) is 7.59. The molecule has 0 spiro atoms. The maximum absolute atomic E-state index is 12.4. The minimum Gasteiger partial charge on any atom is -0.445 e. The van der Waals surface area contributed by atoms with Gasteiger partial charge in [0.1, 0.15) is 12.8 Å². The molecule has 0 saturated heterocycles. The van der Waals surface area contributed by atoms with Crippen LogP contribution in [0.1, 0.15) is 38.3 Å². The van der Waals surface area contributed by atoms with Crippen molar-refractivity contribution in [2.75, 3.05) is 0 Å². The summed E-state index contributed by atoms with van der Waals surface area (Å²) in [5.74, 6) is 0. The van der Waals surface area contributed by atoms with Crippen LogP contribution in [0, 0.1) is 0 Å². The second-order valence-electron chi connectivity index (χ2n) is 9.10. The number of aryl methyl sites for hydroxylation is 1. The van der Waals surface area contributed by atoms with E-state index in [-0.39, 0.29) is 11.6 Å². The molecule has 30 heavy (non-hydrogen) atoms. The zero-order valence-corrected chi connectivity index (χ0v) is 19.7. The number of alkyl carbamates (subject to hydrolysis) is 1. The average molecular weight is 430 g/mol. The number of ether oxygens (including phenoxy) is 1. The molecule has 2 aromatic rings. The highest BCUT2D eigenvalue weighted by molar-refractivity contribution is 6.74. The van der Waals surface area contributed by atoms with E-state index in [0.29, 0.717) is 12.8 Å². The van der Waals surface area contributed by atoms with Gasteiger partial charge in [0.2, 0.25) is 0 Å².